The minimum absolute atomic E-state index is 0.177. The Morgan fingerprint density at radius 1 is 1.17 bits per heavy atom. The van der Waals surface area contributed by atoms with Crippen molar-refractivity contribution in [3.63, 3.8) is 0 Å². The van der Waals surface area contributed by atoms with E-state index in [1.807, 2.05) is 24.6 Å². The van der Waals surface area contributed by atoms with E-state index in [0.717, 1.165) is 17.0 Å². The van der Waals surface area contributed by atoms with Crippen LogP contribution < -0.4 is 5.32 Å². The van der Waals surface area contributed by atoms with Gasteiger partial charge in [0.25, 0.3) is 11.8 Å². The van der Waals surface area contributed by atoms with Gasteiger partial charge >= 0.3 is 0 Å². The Hall–Kier alpha value is -4.35. The van der Waals surface area contributed by atoms with Crippen LogP contribution in [-0.2, 0) is 29.6 Å². The second-order valence-corrected chi connectivity index (χ2v) is 9.40. The molecular weight excluding hydrogens is 464 g/mol. The summed E-state index contributed by atoms with van der Waals surface area (Å²) in [5, 5.41) is 10.5. The van der Waals surface area contributed by atoms with Gasteiger partial charge in [-0.15, -0.1) is 5.10 Å². The highest BCUT2D eigenvalue weighted by atomic mass is 16.2. The summed E-state index contributed by atoms with van der Waals surface area (Å²) in [7, 11) is 1.95. The maximum atomic E-state index is 13.2. The lowest BCUT2D eigenvalue weighted by Gasteiger charge is -2.32. The van der Waals surface area contributed by atoms with Crippen LogP contribution in [0.1, 0.15) is 63.6 Å². The van der Waals surface area contributed by atoms with Gasteiger partial charge in [-0.1, -0.05) is 11.3 Å². The third-order valence-electron chi connectivity index (χ3n) is 7.29. The molecule has 3 aliphatic heterocycles. The Kier molecular flexibility index (Phi) is 4.99. The molecule has 4 amide bonds. The predicted molar refractivity (Wildman–Crippen MR) is 124 cm³/mol. The second kappa shape index (κ2) is 8.11. The minimum Gasteiger partial charge on any atom is -0.337 e. The lowest BCUT2D eigenvalue weighted by atomic mass is 10.0. The van der Waals surface area contributed by atoms with E-state index in [2.05, 4.69) is 20.6 Å². The van der Waals surface area contributed by atoms with Crippen molar-refractivity contribution in [1.29, 1.82) is 0 Å². The van der Waals surface area contributed by atoms with Gasteiger partial charge in [0.15, 0.2) is 5.69 Å². The summed E-state index contributed by atoms with van der Waals surface area (Å²) in [5.74, 6) is -1.27. The Bertz CT molecular complexity index is 1440. The van der Waals surface area contributed by atoms with Gasteiger partial charge in [0.05, 0.1) is 29.9 Å². The molecule has 36 heavy (non-hydrogen) atoms. The van der Waals surface area contributed by atoms with E-state index >= 15 is 0 Å². The van der Waals surface area contributed by atoms with Crippen LogP contribution in [-0.4, -0.2) is 70.6 Å². The molecule has 3 aliphatic rings. The molecule has 2 atom stereocenters. The predicted octanol–water partition coefficient (Wildman–Crippen LogP) is 0.521. The molecule has 3 aromatic rings. The van der Waals surface area contributed by atoms with Crippen molar-refractivity contribution >= 4 is 23.6 Å². The fourth-order valence-electron chi connectivity index (χ4n) is 5.29. The number of hydrogen-bond acceptors (Lipinski definition) is 7. The van der Waals surface area contributed by atoms with Crippen LogP contribution in [0.15, 0.2) is 30.7 Å². The zero-order valence-electron chi connectivity index (χ0n) is 19.8. The lowest BCUT2D eigenvalue weighted by molar-refractivity contribution is -0.136. The largest absolute Gasteiger partial charge is 0.337 e. The molecule has 1 N–H and O–H groups in total. The first kappa shape index (κ1) is 22.1. The SMILES string of the molecule is CC1c2ncn(C)c2CCN1C(=O)c1cn(-c2ccc3c(c2)C(=O)N(C2CCC(=O)NC2=O)C3)nn1. The molecule has 12 nitrogen and oxygen atoms in total. The first-order chi connectivity index (χ1) is 17.3. The number of rotatable bonds is 3. The number of aromatic nitrogens is 5. The lowest BCUT2D eigenvalue weighted by Crippen LogP contribution is -2.52. The third-order valence-corrected chi connectivity index (χ3v) is 7.29. The smallest absolute Gasteiger partial charge is 0.276 e. The summed E-state index contributed by atoms with van der Waals surface area (Å²) in [6.45, 7) is 2.81. The highest BCUT2D eigenvalue weighted by Crippen LogP contribution is 2.30. The number of imidazole rings is 1. The molecule has 0 radical (unpaired) electrons. The number of carbonyl (C=O) groups is 4. The van der Waals surface area contributed by atoms with Gasteiger partial charge in [-0.05, 0) is 31.0 Å². The van der Waals surface area contributed by atoms with Gasteiger partial charge in [0.1, 0.15) is 6.04 Å². The van der Waals surface area contributed by atoms with Crippen molar-refractivity contribution in [3.05, 3.63) is 58.9 Å². The Morgan fingerprint density at radius 3 is 2.81 bits per heavy atom. The van der Waals surface area contributed by atoms with Crippen molar-refractivity contribution in [3.8, 4) is 5.69 Å². The molecule has 2 aromatic heterocycles. The van der Waals surface area contributed by atoms with E-state index in [4.69, 9.17) is 0 Å². The zero-order chi connectivity index (χ0) is 25.1. The van der Waals surface area contributed by atoms with Crippen LogP contribution in [0.5, 0.6) is 0 Å². The molecule has 0 bridgehead atoms. The molecule has 1 saturated heterocycles. The second-order valence-electron chi connectivity index (χ2n) is 9.40. The number of amides is 4. The number of piperidine rings is 1. The number of nitrogens with one attached hydrogen (secondary N) is 1. The summed E-state index contributed by atoms with van der Waals surface area (Å²) < 4.78 is 3.46. The number of carbonyl (C=O) groups excluding carboxylic acids is 4. The van der Waals surface area contributed by atoms with E-state index in [1.165, 1.54) is 9.58 Å². The van der Waals surface area contributed by atoms with Crippen LogP contribution in [0.25, 0.3) is 5.69 Å². The van der Waals surface area contributed by atoms with Crippen LogP contribution in [0, 0.1) is 0 Å². The minimum atomic E-state index is -0.673. The molecule has 184 valence electrons. The van der Waals surface area contributed by atoms with Crippen molar-refractivity contribution in [1.82, 2.24) is 39.7 Å². The van der Waals surface area contributed by atoms with Crippen LogP contribution in [0.4, 0.5) is 0 Å². The van der Waals surface area contributed by atoms with E-state index in [9.17, 15) is 19.2 Å². The summed E-state index contributed by atoms with van der Waals surface area (Å²) in [5.41, 5.74) is 4.06. The standard InChI is InChI=1S/C24H24N8O4/c1-13-21-18(29(2)12-25-21)7-8-30(13)24(36)17-11-32(28-27-17)15-4-3-14-10-31(23(35)16(14)9-15)19-5-6-20(33)26-22(19)34/h3-4,9,11-13,19H,5-8,10H2,1-2H3,(H,26,33,34). The normalized spacial score (nSPS) is 21.4. The summed E-state index contributed by atoms with van der Waals surface area (Å²) in [6, 6.07) is 4.45. The van der Waals surface area contributed by atoms with Crippen LogP contribution >= 0.6 is 0 Å². The number of aryl methyl sites for hydroxylation is 1. The first-order valence-electron chi connectivity index (χ1n) is 11.8. The van der Waals surface area contributed by atoms with Crippen molar-refractivity contribution in [2.75, 3.05) is 6.54 Å². The number of hydrogen-bond donors (Lipinski definition) is 1. The van der Waals surface area contributed by atoms with Crippen molar-refractivity contribution in [2.24, 2.45) is 7.05 Å². The molecule has 1 aromatic carbocycles. The highest BCUT2D eigenvalue weighted by molar-refractivity contribution is 6.05. The topological polar surface area (TPSA) is 135 Å². The summed E-state index contributed by atoms with van der Waals surface area (Å²) in [6.07, 6.45) is 4.55. The zero-order valence-corrected chi connectivity index (χ0v) is 19.8. The van der Waals surface area contributed by atoms with Crippen molar-refractivity contribution < 1.29 is 19.2 Å². The maximum absolute atomic E-state index is 13.2. The number of imide groups is 1. The Balaban J connectivity index is 1.21. The van der Waals surface area contributed by atoms with E-state index in [-0.39, 0.29) is 35.9 Å². The van der Waals surface area contributed by atoms with Gasteiger partial charge in [-0.3, -0.25) is 24.5 Å². The first-order valence-corrected chi connectivity index (χ1v) is 11.8. The number of nitrogens with zero attached hydrogens (tertiary/aromatic N) is 7. The van der Waals surface area contributed by atoms with Crippen LogP contribution in [0.2, 0.25) is 0 Å². The molecule has 0 spiro atoms. The highest BCUT2D eigenvalue weighted by Gasteiger charge is 2.39. The number of fused-ring (bicyclic) bond motifs is 2. The summed E-state index contributed by atoms with van der Waals surface area (Å²) >= 11 is 0. The third kappa shape index (κ3) is 3.40. The molecule has 0 aliphatic carbocycles. The van der Waals surface area contributed by atoms with Gasteiger partial charge in [0, 0.05) is 44.2 Å². The fraction of sp³-hybridized carbons (Fsp3) is 0.375. The van der Waals surface area contributed by atoms with Crippen molar-refractivity contribution in [2.45, 2.75) is 44.8 Å². The average Bonchev–Trinajstić information content (AvgIpc) is 3.58. The molecule has 2 unspecified atom stereocenters. The number of benzene rings is 1. The fourth-order valence-corrected chi connectivity index (χ4v) is 5.29. The quantitative estimate of drug-likeness (QED) is 0.531. The van der Waals surface area contributed by atoms with Gasteiger partial charge in [-0.25, -0.2) is 9.67 Å². The maximum Gasteiger partial charge on any atom is 0.276 e. The van der Waals surface area contributed by atoms with Crippen LogP contribution in [0.3, 0.4) is 0 Å². The average molecular weight is 489 g/mol. The Labute approximate surface area is 205 Å². The van der Waals surface area contributed by atoms with Gasteiger partial charge in [-0.2, -0.15) is 0 Å². The summed E-state index contributed by atoms with van der Waals surface area (Å²) in [4.78, 5) is 57.8. The molecule has 1 fully saturated rings. The molecule has 5 heterocycles. The van der Waals surface area contributed by atoms with E-state index in [0.29, 0.717) is 37.2 Å². The van der Waals surface area contributed by atoms with E-state index in [1.54, 1.807) is 29.6 Å². The Morgan fingerprint density at radius 2 is 2.00 bits per heavy atom. The molecule has 6 rings (SSSR count). The van der Waals surface area contributed by atoms with Gasteiger partial charge in [0.2, 0.25) is 11.8 Å². The van der Waals surface area contributed by atoms with E-state index < -0.39 is 11.9 Å². The molecule has 0 saturated carbocycles. The molecular formula is C24H24N8O4. The monoisotopic (exact) mass is 488 g/mol. The van der Waals surface area contributed by atoms with Gasteiger partial charge < -0.3 is 14.4 Å². The molecule has 12 heteroatoms.